The second kappa shape index (κ2) is 11.7. The van der Waals surface area contributed by atoms with Gasteiger partial charge in [0.25, 0.3) is 5.91 Å². The minimum absolute atomic E-state index is 0.0443. The number of carbonyl (C=O) groups is 1. The summed E-state index contributed by atoms with van der Waals surface area (Å²) in [4.78, 5) is 34.1. The van der Waals surface area contributed by atoms with Gasteiger partial charge in [-0.1, -0.05) is 42.3 Å². The average molecular weight is 657 g/mol. The molecule has 3 aromatic heterocycles. The van der Waals surface area contributed by atoms with E-state index in [-0.39, 0.29) is 38.4 Å². The van der Waals surface area contributed by atoms with Crippen molar-refractivity contribution in [2.45, 2.75) is 37.3 Å². The predicted octanol–water partition coefficient (Wildman–Crippen LogP) is 6.22. The summed E-state index contributed by atoms with van der Waals surface area (Å²) in [5.41, 5.74) is -4.97. The molecule has 5 rings (SSSR count). The summed E-state index contributed by atoms with van der Waals surface area (Å²) >= 11 is -0.0443. The van der Waals surface area contributed by atoms with Crippen molar-refractivity contribution < 1.29 is 36.2 Å². The Morgan fingerprint density at radius 3 is 2.28 bits per heavy atom. The highest BCUT2D eigenvalue weighted by Gasteiger charge is 2.73. The third kappa shape index (κ3) is 5.99. The maximum absolute atomic E-state index is 13.5. The van der Waals surface area contributed by atoms with Crippen LogP contribution in [0.1, 0.15) is 45.2 Å². The predicted molar refractivity (Wildman–Crippen MR) is 158 cm³/mol. The molecule has 0 spiro atoms. The van der Waals surface area contributed by atoms with Crippen LogP contribution in [0.25, 0.3) is 16.7 Å². The zero-order valence-electron chi connectivity index (χ0n) is 23.9. The van der Waals surface area contributed by atoms with Gasteiger partial charge in [0.15, 0.2) is 0 Å². The molecule has 0 aliphatic carbocycles. The second-order valence-electron chi connectivity index (χ2n) is 10.6. The van der Waals surface area contributed by atoms with Gasteiger partial charge in [-0.15, -0.1) is 11.3 Å². The van der Waals surface area contributed by atoms with Gasteiger partial charge in [0.05, 0.1) is 22.0 Å². The van der Waals surface area contributed by atoms with E-state index in [1.54, 1.807) is 32.0 Å². The van der Waals surface area contributed by atoms with Crippen LogP contribution in [0.3, 0.4) is 0 Å². The third-order valence-electron chi connectivity index (χ3n) is 7.02. The Labute approximate surface area is 261 Å². The van der Waals surface area contributed by atoms with Gasteiger partial charge < -0.3 is 15.0 Å². The van der Waals surface area contributed by atoms with Crippen LogP contribution in [0.5, 0.6) is 0 Å². The van der Waals surface area contributed by atoms with Gasteiger partial charge in [0.2, 0.25) is 5.43 Å². The smallest absolute Gasteiger partial charge is 0.368 e. The first-order valence-electron chi connectivity index (χ1n) is 13.4. The molecule has 5 aromatic rings. The van der Waals surface area contributed by atoms with Crippen molar-refractivity contribution in [2.24, 2.45) is 0 Å². The van der Waals surface area contributed by atoms with E-state index in [1.165, 1.54) is 35.2 Å². The van der Waals surface area contributed by atoms with Gasteiger partial charge in [0.1, 0.15) is 16.2 Å². The third-order valence-corrected chi connectivity index (χ3v) is 8.04. The highest BCUT2D eigenvalue weighted by Crippen LogP contribution is 2.50. The van der Waals surface area contributed by atoms with Gasteiger partial charge in [-0.05, 0) is 55.7 Å². The van der Waals surface area contributed by atoms with E-state index in [0.29, 0.717) is 11.9 Å². The maximum atomic E-state index is 13.5. The number of pyridine rings is 2. The van der Waals surface area contributed by atoms with Crippen molar-refractivity contribution in [3.63, 3.8) is 0 Å². The lowest BCUT2D eigenvalue weighted by Gasteiger charge is -2.30. The van der Waals surface area contributed by atoms with Crippen molar-refractivity contribution >= 4 is 28.3 Å². The number of aliphatic hydroxyl groups is 1. The van der Waals surface area contributed by atoms with Gasteiger partial charge in [-0.2, -0.15) is 26.3 Å². The van der Waals surface area contributed by atoms with Crippen LogP contribution >= 0.6 is 11.3 Å². The molecular weight excluding hydrogens is 634 g/mol. The minimum Gasteiger partial charge on any atom is -0.368 e. The molecular formula is C32H22F6N4O3S. The zero-order valence-corrected chi connectivity index (χ0v) is 24.7. The van der Waals surface area contributed by atoms with E-state index in [2.05, 4.69) is 27.1 Å². The number of nitrogens with one attached hydrogen (secondary N) is 1. The largest absolute Gasteiger partial charge is 0.433 e. The monoisotopic (exact) mass is 656 g/mol. The van der Waals surface area contributed by atoms with E-state index >= 15 is 0 Å². The summed E-state index contributed by atoms with van der Waals surface area (Å²) < 4.78 is 80.9. The summed E-state index contributed by atoms with van der Waals surface area (Å²) in [5, 5.41) is 11.0. The lowest BCUT2D eigenvalue weighted by atomic mass is 9.94. The van der Waals surface area contributed by atoms with Crippen LogP contribution in [-0.4, -0.2) is 37.9 Å². The lowest BCUT2D eigenvalue weighted by molar-refractivity contribution is -0.376. The molecule has 0 aliphatic rings. The number of hydrogen-bond acceptors (Lipinski definition) is 6. The summed E-state index contributed by atoms with van der Waals surface area (Å²) in [6.45, 7) is 3.59. The Bertz CT molecular complexity index is 2040. The Morgan fingerprint density at radius 2 is 1.61 bits per heavy atom. The molecule has 0 atom stereocenters. The summed E-state index contributed by atoms with van der Waals surface area (Å²) in [5.74, 6) is 4.50. The molecule has 0 bridgehead atoms. The maximum Gasteiger partial charge on any atom is 0.433 e. The van der Waals surface area contributed by atoms with Gasteiger partial charge in [-0.25, -0.2) is 9.97 Å². The van der Waals surface area contributed by atoms with Crippen molar-refractivity contribution in [3.8, 4) is 17.5 Å². The van der Waals surface area contributed by atoms with E-state index < -0.39 is 39.8 Å². The number of aromatic nitrogens is 3. The molecule has 0 radical (unpaired) electrons. The number of benzene rings is 2. The summed E-state index contributed by atoms with van der Waals surface area (Å²) in [6, 6.07) is 18.5. The topological polar surface area (TPSA) is 97.1 Å². The minimum atomic E-state index is -6.07. The van der Waals surface area contributed by atoms with Gasteiger partial charge >= 0.3 is 18.0 Å². The molecule has 0 saturated carbocycles. The quantitative estimate of drug-likeness (QED) is 0.173. The molecule has 0 aliphatic heterocycles. The van der Waals surface area contributed by atoms with Crippen molar-refractivity contribution in [2.75, 3.05) is 0 Å². The van der Waals surface area contributed by atoms with Crippen LogP contribution in [0.2, 0.25) is 0 Å². The molecule has 7 nitrogen and oxygen atoms in total. The molecule has 3 heterocycles. The number of nitrogens with zero attached hydrogens (tertiary/aromatic N) is 3. The van der Waals surface area contributed by atoms with Crippen LogP contribution in [0.4, 0.5) is 26.3 Å². The van der Waals surface area contributed by atoms with Crippen LogP contribution in [-0.2, 0) is 11.1 Å². The van der Waals surface area contributed by atoms with E-state index in [0.717, 1.165) is 5.56 Å². The van der Waals surface area contributed by atoms with Crippen molar-refractivity contribution in [1.29, 1.82) is 0 Å². The molecule has 46 heavy (non-hydrogen) atoms. The van der Waals surface area contributed by atoms with Crippen molar-refractivity contribution in [3.05, 3.63) is 122 Å². The molecule has 2 N–H and O–H groups in total. The summed E-state index contributed by atoms with van der Waals surface area (Å²) in [6.07, 6.45) is -8.62. The van der Waals surface area contributed by atoms with Crippen LogP contribution in [0.15, 0.2) is 90.1 Å². The normalized spacial score (nSPS) is 12.5. The molecule has 0 unspecified atom stereocenters. The van der Waals surface area contributed by atoms with Crippen LogP contribution < -0.4 is 10.7 Å². The fraction of sp³-hybridized carbons (Fsp3) is 0.188. The highest BCUT2D eigenvalue weighted by molar-refractivity contribution is 7.12. The average Bonchev–Trinajstić information content (AvgIpc) is 3.48. The van der Waals surface area contributed by atoms with Gasteiger partial charge in [0, 0.05) is 23.6 Å². The zero-order chi connectivity index (χ0) is 33.5. The van der Waals surface area contributed by atoms with Crippen molar-refractivity contribution in [1.82, 2.24) is 19.9 Å². The highest BCUT2D eigenvalue weighted by atomic mass is 32.1. The van der Waals surface area contributed by atoms with Crippen LogP contribution in [0, 0.1) is 11.8 Å². The first-order valence-corrected chi connectivity index (χ1v) is 14.2. The number of fused-ring (bicyclic) bond motifs is 1. The summed E-state index contributed by atoms with van der Waals surface area (Å²) in [7, 11) is 0. The SMILES string of the molecule is CC(C)(NC(=O)c1cn(-c2cccc(C#Cc3cnc(C(O)(C(F)(F)F)C(F)(F)F)s3)c2)c2ncccc2c1=O)c1ccccc1. The van der Waals surface area contributed by atoms with Gasteiger partial charge in [-0.3, -0.25) is 9.59 Å². The fourth-order valence-electron chi connectivity index (χ4n) is 4.57. The number of rotatable bonds is 5. The number of carbonyl (C=O) groups excluding carboxylic acids is 1. The molecule has 2 aromatic carbocycles. The van der Waals surface area contributed by atoms with E-state index in [4.69, 9.17) is 0 Å². The molecule has 0 saturated heterocycles. The first kappa shape index (κ1) is 32.4. The number of hydrogen-bond donors (Lipinski definition) is 2. The Balaban J connectivity index is 1.52. The first-order chi connectivity index (χ1) is 21.5. The molecule has 0 fully saturated rings. The number of alkyl halides is 6. The Hall–Kier alpha value is -5.00. The standard InChI is InChI=1S/C32H22F6N4O3S/c1-29(2,20-9-4-3-5-10-20)41-27(44)24-18-42(26-23(25(24)43)12-7-15-39-26)21-11-6-8-19(16-21)13-14-22-17-40-28(46-22)30(45,31(33,34)35)32(36,37)38/h3-12,15-18,45H,1-2H3,(H,41,44). The number of halogens is 6. The molecule has 1 amide bonds. The number of amides is 1. The van der Waals surface area contributed by atoms with E-state index in [1.807, 2.05) is 30.3 Å². The lowest BCUT2D eigenvalue weighted by Crippen LogP contribution is -2.53. The second-order valence-corrected chi connectivity index (χ2v) is 11.6. The fourth-order valence-corrected chi connectivity index (χ4v) is 5.47. The molecule has 236 valence electrons. The Kier molecular flexibility index (Phi) is 8.27. The Morgan fingerprint density at radius 1 is 0.913 bits per heavy atom. The molecule has 14 heteroatoms. The number of thiazole rings is 1. The van der Waals surface area contributed by atoms with E-state index in [9.17, 15) is 41.0 Å².